The minimum atomic E-state index is -0.351. The quantitative estimate of drug-likeness (QED) is 0.797. The van der Waals surface area contributed by atoms with Gasteiger partial charge in [0.15, 0.2) is 6.61 Å². The molecule has 0 atom stereocenters. The Hall–Kier alpha value is -2.27. The minimum Gasteiger partial charge on any atom is -0.492 e. The summed E-state index contributed by atoms with van der Waals surface area (Å²) in [5.74, 6) is 0.496. The average molecular weight is 324 g/mol. The molecule has 0 saturated heterocycles. The van der Waals surface area contributed by atoms with E-state index < -0.39 is 0 Å². The number of hydrogen-bond acceptors (Lipinski definition) is 3. The molecule has 0 aliphatic heterocycles. The summed E-state index contributed by atoms with van der Waals surface area (Å²) in [6.07, 6.45) is 0. The lowest BCUT2D eigenvalue weighted by molar-refractivity contribution is -0.123. The van der Waals surface area contributed by atoms with Gasteiger partial charge in [0, 0.05) is 5.02 Å². The van der Waals surface area contributed by atoms with Crippen LogP contribution in [0.15, 0.2) is 48.5 Å². The second-order valence-corrected chi connectivity index (χ2v) is 4.83. The Bertz CT molecular complexity index is 602. The average Bonchev–Trinajstić information content (AvgIpc) is 2.53. The van der Waals surface area contributed by atoms with Gasteiger partial charge in [0.25, 0.3) is 5.91 Å². The van der Waals surface area contributed by atoms with Crippen LogP contribution in [0.25, 0.3) is 0 Å². The predicted molar refractivity (Wildman–Crippen MR) is 81.9 cm³/mol. The van der Waals surface area contributed by atoms with E-state index in [0.29, 0.717) is 29.7 Å². The van der Waals surface area contributed by atoms with Gasteiger partial charge in [-0.15, -0.1) is 0 Å². The lowest BCUT2D eigenvalue weighted by Crippen LogP contribution is -2.32. The number of rotatable bonds is 7. The van der Waals surface area contributed by atoms with E-state index in [4.69, 9.17) is 21.1 Å². The molecule has 0 aliphatic carbocycles. The number of amides is 1. The zero-order valence-electron chi connectivity index (χ0n) is 11.7. The molecule has 2 aromatic carbocycles. The van der Waals surface area contributed by atoms with Crippen molar-refractivity contribution < 1.29 is 18.7 Å². The molecule has 0 saturated carbocycles. The fraction of sp³-hybridized carbons (Fsp3) is 0.188. The number of halogens is 2. The van der Waals surface area contributed by atoms with Gasteiger partial charge in [0.1, 0.15) is 23.9 Å². The molecule has 2 aromatic rings. The first-order valence-corrected chi connectivity index (χ1v) is 7.05. The van der Waals surface area contributed by atoms with Gasteiger partial charge in [-0.05, 0) is 48.5 Å². The van der Waals surface area contributed by atoms with E-state index in [0.717, 1.165) is 0 Å². The normalized spacial score (nSPS) is 10.1. The van der Waals surface area contributed by atoms with E-state index in [-0.39, 0.29) is 18.3 Å². The summed E-state index contributed by atoms with van der Waals surface area (Å²) >= 11 is 5.76. The molecular formula is C16H15ClFNO3. The van der Waals surface area contributed by atoms with Crippen molar-refractivity contribution in [2.75, 3.05) is 19.8 Å². The lowest BCUT2D eigenvalue weighted by atomic mass is 10.3. The van der Waals surface area contributed by atoms with Gasteiger partial charge >= 0.3 is 0 Å². The van der Waals surface area contributed by atoms with E-state index in [1.54, 1.807) is 24.3 Å². The Morgan fingerprint density at radius 3 is 2.27 bits per heavy atom. The summed E-state index contributed by atoms with van der Waals surface area (Å²) in [6.45, 7) is 0.560. The third-order valence-corrected chi connectivity index (χ3v) is 2.94. The van der Waals surface area contributed by atoms with Crippen LogP contribution in [-0.4, -0.2) is 25.7 Å². The first-order valence-electron chi connectivity index (χ1n) is 6.67. The number of carbonyl (C=O) groups is 1. The highest BCUT2D eigenvalue weighted by molar-refractivity contribution is 6.30. The van der Waals surface area contributed by atoms with Crippen LogP contribution in [0.2, 0.25) is 5.02 Å². The Morgan fingerprint density at radius 1 is 1.00 bits per heavy atom. The second kappa shape index (κ2) is 8.24. The standard InChI is InChI=1S/C16H15ClFNO3/c17-12-1-5-14(6-2-12)21-10-9-19-16(20)11-22-15-7-3-13(18)4-8-15/h1-8H,9-11H2,(H,19,20). The summed E-state index contributed by atoms with van der Waals surface area (Å²) in [4.78, 5) is 11.6. The van der Waals surface area contributed by atoms with Gasteiger partial charge in [-0.1, -0.05) is 11.6 Å². The molecule has 0 bridgehead atoms. The van der Waals surface area contributed by atoms with Crippen molar-refractivity contribution in [1.82, 2.24) is 5.32 Å². The van der Waals surface area contributed by atoms with Crippen LogP contribution in [0.4, 0.5) is 4.39 Å². The molecule has 0 aliphatic rings. The Kier molecular flexibility index (Phi) is 6.03. The number of benzene rings is 2. The Labute approximate surface area is 132 Å². The second-order valence-electron chi connectivity index (χ2n) is 4.39. The molecule has 0 fully saturated rings. The van der Waals surface area contributed by atoms with Crippen molar-refractivity contribution in [3.8, 4) is 11.5 Å². The van der Waals surface area contributed by atoms with Gasteiger partial charge < -0.3 is 14.8 Å². The molecular weight excluding hydrogens is 309 g/mol. The molecule has 4 nitrogen and oxygen atoms in total. The van der Waals surface area contributed by atoms with Gasteiger partial charge in [-0.25, -0.2) is 4.39 Å². The molecule has 1 amide bonds. The fourth-order valence-electron chi connectivity index (χ4n) is 1.62. The summed E-state index contributed by atoms with van der Waals surface area (Å²) in [5, 5.41) is 3.29. The van der Waals surface area contributed by atoms with E-state index in [1.165, 1.54) is 24.3 Å². The number of carbonyl (C=O) groups excluding carboxylic acids is 1. The molecule has 0 radical (unpaired) electrons. The SMILES string of the molecule is O=C(COc1ccc(F)cc1)NCCOc1ccc(Cl)cc1. The van der Waals surface area contributed by atoms with Crippen molar-refractivity contribution in [3.63, 3.8) is 0 Å². The van der Waals surface area contributed by atoms with Crippen LogP contribution < -0.4 is 14.8 Å². The maximum absolute atomic E-state index is 12.7. The molecule has 6 heteroatoms. The third kappa shape index (κ3) is 5.61. The zero-order valence-corrected chi connectivity index (χ0v) is 12.5. The molecule has 116 valence electrons. The predicted octanol–water partition coefficient (Wildman–Crippen LogP) is 3.05. The maximum atomic E-state index is 12.7. The zero-order chi connectivity index (χ0) is 15.8. The fourth-order valence-corrected chi connectivity index (χ4v) is 1.75. The topological polar surface area (TPSA) is 47.6 Å². The monoisotopic (exact) mass is 323 g/mol. The van der Waals surface area contributed by atoms with E-state index in [9.17, 15) is 9.18 Å². The molecule has 0 unspecified atom stereocenters. The summed E-state index contributed by atoms with van der Waals surface area (Å²) < 4.78 is 23.3. The summed E-state index contributed by atoms with van der Waals surface area (Å²) in [6, 6.07) is 12.4. The largest absolute Gasteiger partial charge is 0.492 e. The van der Waals surface area contributed by atoms with Gasteiger partial charge in [0.05, 0.1) is 6.54 Å². The number of nitrogens with one attached hydrogen (secondary N) is 1. The molecule has 0 heterocycles. The van der Waals surface area contributed by atoms with Crippen molar-refractivity contribution in [2.45, 2.75) is 0 Å². The minimum absolute atomic E-state index is 0.132. The summed E-state index contributed by atoms with van der Waals surface area (Å²) in [5.41, 5.74) is 0. The van der Waals surface area contributed by atoms with Crippen LogP contribution in [0.5, 0.6) is 11.5 Å². The maximum Gasteiger partial charge on any atom is 0.258 e. The smallest absolute Gasteiger partial charge is 0.258 e. The van der Waals surface area contributed by atoms with Crippen molar-refractivity contribution in [3.05, 3.63) is 59.4 Å². The van der Waals surface area contributed by atoms with Crippen molar-refractivity contribution in [1.29, 1.82) is 0 Å². The van der Waals surface area contributed by atoms with Crippen LogP contribution in [0.3, 0.4) is 0 Å². The van der Waals surface area contributed by atoms with Gasteiger partial charge in [-0.3, -0.25) is 4.79 Å². The van der Waals surface area contributed by atoms with E-state index in [2.05, 4.69) is 5.32 Å². The van der Waals surface area contributed by atoms with Crippen LogP contribution >= 0.6 is 11.6 Å². The highest BCUT2D eigenvalue weighted by Crippen LogP contribution is 2.15. The van der Waals surface area contributed by atoms with Crippen LogP contribution in [0, 0.1) is 5.82 Å². The van der Waals surface area contributed by atoms with E-state index >= 15 is 0 Å². The molecule has 0 aromatic heterocycles. The van der Waals surface area contributed by atoms with Crippen LogP contribution in [-0.2, 0) is 4.79 Å². The van der Waals surface area contributed by atoms with Gasteiger partial charge in [0.2, 0.25) is 0 Å². The first kappa shape index (κ1) is 16.1. The lowest BCUT2D eigenvalue weighted by Gasteiger charge is -2.09. The van der Waals surface area contributed by atoms with Crippen molar-refractivity contribution in [2.24, 2.45) is 0 Å². The summed E-state index contributed by atoms with van der Waals surface area (Å²) in [7, 11) is 0. The Morgan fingerprint density at radius 2 is 1.59 bits per heavy atom. The molecule has 2 rings (SSSR count). The first-order chi connectivity index (χ1) is 10.6. The highest BCUT2D eigenvalue weighted by Gasteiger charge is 2.02. The van der Waals surface area contributed by atoms with Crippen molar-refractivity contribution >= 4 is 17.5 Å². The van der Waals surface area contributed by atoms with Crippen LogP contribution in [0.1, 0.15) is 0 Å². The number of ether oxygens (including phenoxy) is 2. The number of hydrogen-bond donors (Lipinski definition) is 1. The molecule has 22 heavy (non-hydrogen) atoms. The third-order valence-electron chi connectivity index (χ3n) is 2.69. The molecule has 1 N–H and O–H groups in total. The molecule has 0 spiro atoms. The van der Waals surface area contributed by atoms with Gasteiger partial charge in [-0.2, -0.15) is 0 Å². The van der Waals surface area contributed by atoms with E-state index in [1.807, 2.05) is 0 Å². The highest BCUT2D eigenvalue weighted by atomic mass is 35.5. The Balaban J connectivity index is 1.61.